The van der Waals surface area contributed by atoms with Crippen molar-refractivity contribution in [1.29, 1.82) is 0 Å². The van der Waals surface area contributed by atoms with Crippen LogP contribution in [0.15, 0.2) is 48.5 Å². The maximum absolute atomic E-state index is 13.7. The van der Waals surface area contributed by atoms with Crippen LogP contribution in [-0.2, 0) is 11.0 Å². The van der Waals surface area contributed by atoms with Crippen molar-refractivity contribution in [2.75, 3.05) is 11.1 Å². The average Bonchev–Trinajstić information content (AvgIpc) is 2.88. The molecule has 8 heteroatoms. The molecule has 1 unspecified atom stereocenters. The largest absolute Gasteiger partial charge is 0.416 e. The van der Waals surface area contributed by atoms with Crippen LogP contribution in [0.1, 0.15) is 33.2 Å². The van der Waals surface area contributed by atoms with Crippen LogP contribution in [0.25, 0.3) is 5.69 Å². The summed E-state index contributed by atoms with van der Waals surface area (Å²) >= 11 is 1.18. The van der Waals surface area contributed by atoms with Crippen LogP contribution in [0.5, 0.6) is 0 Å². The lowest BCUT2D eigenvalue weighted by Crippen LogP contribution is -2.15. The quantitative estimate of drug-likeness (QED) is 0.617. The van der Waals surface area contributed by atoms with Gasteiger partial charge in [-0.25, -0.2) is 4.68 Å². The Morgan fingerprint density at radius 2 is 1.79 bits per heavy atom. The molecular weight excluding hydrogens is 399 g/mol. The van der Waals surface area contributed by atoms with Gasteiger partial charge in [-0.05, 0) is 37.6 Å². The zero-order valence-electron chi connectivity index (χ0n) is 15.7. The predicted molar refractivity (Wildman–Crippen MR) is 107 cm³/mol. The molecule has 2 aromatic carbocycles. The van der Waals surface area contributed by atoms with Gasteiger partial charge in [0.2, 0.25) is 5.91 Å². The van der Waals surface area contributed by atoms with E-state index in [0.29, 0.717) is 17.1 Å². The highest BCUT2D eigenvalue weighted by atomic mass is 32.2. The number of rotatable bonds is 2. The van der Waals surface area contributed by atoms with Crippen molar-refractivity contribution in [3.63, 3.8) is 0 Å². The molecule has 1 atom stereocenters. The van der Waals surface area contributed by atoms with Crippen LogP contribution in [0.4, 0.5) is 19.0 Å². The summed E-state index contributed by atoms with van der Waals surface area (Å²) in [5, 5.41) is 6.72. The number of aromatic nitrogens is 2. The molecule has 0 saturated heterocycles. The number of alkyl halides is 3. The summed E-state index contributed by atoms with van der Waals surface area (Å²) in [6.45, 7) is 3.71. The highest BCUT2D eigenvalue weighted by molar-refractivity contribution is 8.00. The zero-order chi connectivity index (χ0) is 20.8. The number of amides is 1. The predicted octanol–water partition coefficient (Wildman–Crippen LogP) is 5.28. The average molecular weight is 417 g/mol. The second-order valence-corrected chi connectivity index (χ2v) is 8.01. The van der Waals surface area contributed by atoms with Gasteiger partial charge >= 0.3 is 6.18 Å². The summed E-state index contributed by atoms with van der Waals surface area (Å²) in [6.07, 6.45) is -4.48. The Morgan fingerprint density at radius 1 is 1.10 bits per heavy atom. The second-order valence-electron chi connectivity index (χ2n) is 6.92. The fraction of sp³-hybridized carbons (Fsp3) is 0.238. The Hall–Kier alpha value is -2.74. The van der Waals surface area contributed by atoms with Crippen molar-refractivity contribution >= 4 is 23.5 Å². The lowest BCUT2D eigenvalue weighted by atomic mass is 9.98. The standard InChI is InChI=1S/C21H18F3N3OS/c1-12-7-9-14(10-8-12)27-20-18(13(2)26-27)19(29-11-17(28)25-20)15-5-3-4-6-16(15)21(22,23)24/h3-10,19H,11H2,1-2H3,(H,25,28). The third-order valence-corrected chi connectivity index (χ3v) is 6.09. The van der Waals surface area contributed by atoms with Gasteiger partial charge in [0.15, 0.2) is 0 Å². The van der Waals surface area contributed by atoms with Gasteiger partial charge in [0.05, 0.1) is 27.9 Å². The minimum atomic E-state index is -4.48. The maximum Gasteiger partial charge on any atom is 0.416 e. The lowest BCUT2D eigenvalue weighted by Gasteiger charge is -2.20. The molecule has 150 valence electrons. The molecule has 4 rings (SSSR count). The fourth-order valence-electron chi connectivity index (χ4n) is 3.49. The van der Waals surface area contributed by atoms with E-state index in [-0.39, 0.29) is 17.2 Å². The topological polar surface area (TPSA) is 46.9 Å². The van der Waals surface area contributed by atoms with Gasteiger partial charge in [-0.3, -0.25) is 4.79 Å². The molecular formula is C21H18F3N3OS. The summed E-state index contributed by atoms with van der Waals surface area (Å²) in [4.78, 5) is 12.4. The first-order chi connectivity index (χ1) is 13.8. The number of hydrogen-bond acceptors (Lipinski definition) is 3. The normalized spacial score (nSPS) is 16.9. The third kappa shape index (κ3) is 3.64. The number of benzene rings is 2. The van der Waals surface area contributed by atoms with Crippen LogP contribution in [0.3, 0.4) is 0 Å². The Morgan fingerprint density at radius 3 is 2.48 bits per heavy atom. The summed E-state index contributed by atoms with van der Waals surface area (Å²) < 4.78 is 42.6. The molecule has 1 aliphatic rings. The Labute approximate surface area is 170 Å². The molecule has 0 aliphatic carbocycles. The number of hydrogen-bond donors (Lipinski definition) is 1. The van der Waals surface area contributed by atoms with Crippen LogP contribution in [-0.4, -0.2) is 21.4 Å². The zero-order valence-corrected chi connectivity index (χ0v) is 16.6. The van der Waals surface area contributed by atoms with Gasteiger partial charge < -0.3 is 5.32 Å². The Balaban J connectivity index is 1.92. The molecule has 2 heterocycles. The van der Waals surface area contributed by atoms with Crippen molar-refractivity contribution in [3.05, 3.63) is 76.5 Å². The molecule has 0 spiro atoms. The van der Waals surface area contributed by atoms with E-state index in [1.54, 1.807) is 17.7 Å². The Bertz CT molecular complexity index is 1070. The van der Waals surface area contributed by atoms with Crippen molar-refractivity contribution in [1.82, 2.24) is 9.78 Å². The molecule has 29 heavy (non-hydrogen) atoms. The first kappa shape index (κ1) is 19.6. The fourth-order valence-corrected chi connectivity index (χ4v) is 4.71. The number of nitrogens with one attached hydrogen (secondary N) is 1. The first-order valence-corrected chi connectivity index (χ1v) is 10.0. The number of fused-ring (bicyclic) bond motifs is 1. The molecule has 0 bridgehead atoms. The molecule has 1 aliphatic heterocycles. The first-order valence-electron chi connectivity index (χ1n) is 9.00. The maximum atomic E-state index is 13.7. The number of anilines is 1. The second kappa shape index (κ2) is 7.26. The number of aryl methyl sites for hydroxylation is 2. The molecule has 1 amide bonds. The van der Waals surface area contributed by atoms with E-state index in [0.717, 1.165) is 17.3 Å². The number of carbonyl (C=O) groups is 1. The van der Waals surface area contributed by atoms with Gasteiger partial charge in [0, 0.05) is 5.56 Å². The summed E-state index contributed by atoms with van der Waals surface area (Å²) in [5.41, 5.74) is 2.42. The van der Waals surface area contributed by atoms with Gasteiger partial charge in [0.25, 0.3) is 0 Å². The Kier molecular flexibility index (Phi) is 4.90. The number of carbonyl (C=O) groups excluding carboxylic acids is 1. The van der Waals surface area contributed by atoms with E-state index < -0.39 is 17.0 Å². The molecule has 0 saturated carbocycles. The third-order valence-electron chi connectivity index (χ3n) is 4.84. The van der Waals surface area contributed by atoms with Gasteiger partial charge in [-0.2, -0.15) is 18.3 Å². The van der Waals surface area contributed by atoms with E-state index >= 15 is 0 Å². The smallest absolute Gasteiger partial charge is 0.310 e. The summed E-state index contributed by atoms with van der Waals surface area (Å²) in [6, 6.07) is 13.1. The van der Waals surface area contributed by atoms with Crippen molar-refractivity contribution < 1.29 is 18.0 Å². The highest BCUT2D eigenvalue weighted by Crippen LogP contribution is 2.47. The SMILES string of the molecule is Cc1ccc(-n2nc(C)c3c2NC(=O)CSC3c2ccccc2C(F)(F)F)cc1. The van der Waals surface area contributed by atoms with E-state index in [9.17, 15) is 18.0 Å². The molecule has 0 radical (unpaired) electrons. The number of nitrogens with zero attached hydrogens (tertiary/aromatic N) is 2. The molecule has 1 aromatic heterocycles. The van der Waals surface area contributed by atoms with E-state index in [1.807, 2.05) is 31.2 Å². The lowest BCUT2D eigenvalue weighted by molar-refractivity contribution is -0.138. The van der Waals surface area contributed by atoms with Crippen molar-refractivity contribution in [2.45, 2.75) is 25.3 Å². The molecule has 0 fully saturated rings. The van der Waals surface area contributed by atoms with Crippen LogP contribution < -0.4 is 5.32 Å². The molecule has 3 aromatic rings. The minimum Gasteiger partial charge on any atom is -0.310 e. The van der Waals surface area contributed by atoms with Crippen molar-refractivity contribution in [2.24, 2.45) is 0 Å². The van der Waals surface area contributed by atoms with Crippen molar-refractivity contribution in [3.8, 4) is 5.69 Å². The van der Waals surface area contributed by atoms with Crippen LogP contribution >= 0.6 is 11.8 Å². The number of halogens is 3. The number of thioether (sulfide) groups is 1. The van der Waals surface area contributed by atoms with Crippen LogP contribution in [0.2, 0.25) is 0 Å². The van der Waals surface area contributed by atoms with E-state index in [4.69, 9.17) is 0 Å². The van der Waals surface area contributed by atoms with Crippen LogP contribution in [0, 0.1) is 13.8 Å². The summed E-state index contributed by atoms with van der Waals surface area (Å²) in [5.74, 6) is 0.207. The van der Waals surface area contributed by atoms with E-state index in [2.05, 4.69) is 10.4 Å². The van der Waals surface area contributed by atoms with Gasteiger partial charge in [0.1, 0.15) is 5.82 Å². The highest BCUT2D eigenvalue weighted by Gasteiger charge is 2.38. The summed E-state index contributed by atoms with van der Waals surface area (Å²) in [7, 11) is 0. The minimum absolute atomic E-state index is 0.0544. The monoisotopic (exact) mass is 417 g/mol. The molecule has 1 N–H and O–H groups in total. The van der Waals surface area contributed by atoms with E-state index in [1.165, 1.54) is 23.9 Å². The van der Waals surface area contributed by atoms with Gasteiger partial charge in [-0.1, -0.05) is 35.9 Å². The molecule has 4 nitrogen and oxygen atoms in total. The van der Waals surface area contributed by atoms with Gasteiger partial charge in [-0.15, -0.1) is 11.8 Å².